The zero-order valence-corrected chi connectivity index (χ0v) is 8.48. The minimum atomic E-state index is 0.761. The van der Waals surface area contributed by atoms with Gasteiger partial charge in [0.2, 0.25) is 0 Å². The maximum absolute atomic E-state index is 5.58. The molecule has 1 heteroatoms. The summed E-state index contributed by atoms with van der Waals surface area (Å²) in [6.45, 7) is 5.70. The fourth-order valence-electron chi connectivity index (χ4n) is 1.01. The monoisotopic (exact) mass is 184 g/mol. The first-order chi connectivity index (χ1) is 5.85. The van der Waals surface area contributed by atoms with E-state index in [9.17, 15) is 0 Å². The summed E-state index contributed by atoms with van der Waals surface area (Å²) in [4.78, 5) is 0. The normalized spacial score (nSPS) is 12.3. The Morgan fingerprint density at radius 1 is 1.42 bits per heavy atom. The highest BCUT2D eigenvalue weighted by atomic mass is 35.5. The van der Waals surface area contributed by atoms with Crippen molar-refractivity contribution in [1.29, 1.82) is 0 Å². The number of unbranched alkanes of at least 4 members (excludes halogenated alkanes) is 1. The third kappa shape index (κ3) is 6.23. The molecular formula is C11H17Cl. The van der Waals surface area contributed by atoms with Crippen LogP contribution in [0.2, 0.25) is 0 Å². The quantitative estimate of drug-likeness (QED) is 0.332. The third-order valence-electron chi connectivity index (χ3n) is 1.56. The zero-order chi connectivity index (χ0) is 9.23. The van der Waals surface area contributed by atoms with Crippen molar-refractivity contribution in [2.45, 2.75) is 26.2 Å². The summed E-state index contributed by atoms with van der Waals surface area (Å²) in [7, 11) is 0. The average molecular weight is 185 g/mol. The van der Waals surface area contributed by atoms with Crippen LogP contribution in [0.4, 0.5) is 0 Å². The van der Waals surface area contributed by atoms with Crippen molar-refractivity contribution in [2.75, 3.05) is 5.88 Å². The Balaban J connectivity index is 3.79. The minimum Gasteiger partial charge on any atom is -0.127 e. The Morgan fingerprint density at radius 3 is 2.67 bits per heavy atom. The molecule has 0 spiro atoms. The maximum atomic E-state index is 5.58. The van der Waals surface area contributed by atoms with Crippen LogP contribution in [0.15, 0.2) is 36.5 Å². The lowest BCUT2D eigenvalue weighted by atomic mass is 10.1. The van der Waals surface area contributed by atoms with Gasteiger partial charge in [0.25, 0.3) is 0 Å². The third-order valence-corrected chi connectivity index (χ3v) is 1.83. The van der Waals surface area contributed by atoms with E-state index in [0.717, 1.165) is 25.1 Å². The van der Waals surface area contributed by atoms with Crippen LogP contribution in [0.5, 0.6) is 0 Å². The van der Waals surface area contributed by atoms with Crippen molar-refractivity contribution < 1.29 is 0 Å². The van der Waals surface area contributed by atoms with Crippen LogP contribution in [0.25, 0.3) is 0 Å². The van der Waals surface area contributed by atoms with Gasteiger partial charge in [0.15, 0.2) is 0 Å². The van der Waals surface area contributed by atoms with Crippen LogP contribution in [0, 0.1) is 0 Å². The fraction of sp³-hybridized carbons (Fsp3) is 0.455. The molecule has 0 radical (unpaired) electrons. The van der Waals surface area contributed by atoms with E-state index in [2.05, 4.69) is 18.7 Å². The van der Waals surface area contributed by atoms with Crippen molar-refractivity contribution in [3.63, 3.8) is 0 Å². The molecule has 0 nitrogen and oxygen atoms in total. The van der Waals surface area contributed by atoms with Gasteiger partial charge in [0, 0.05) is 5.88 Å². The van der Waals surface area contributed by atoms with E-state index in [1.807, 2.05) is 19.1 Å². The molecule has 0 atom stereocenters. The van der Waals surface area contributed by atoms with E-state index >= 15 is 0 Å². The molecule has 0 heterocycles. The molecule has 12 heavy (non-hydrogen) atoms. The molecule has 0 amide bonds. The average Bonchev–Trinajstić information content (AvgIpc) is 2.06. The van der Waals surface area contributed by atoms with Gasteiger partial charge in [0.1, 0.15) is 0 Å². The summed E-state index contributed by atoms with van der Waals surface area (Å²) >= 11 is 5.58. The summed E-state index contributed by atoms with van der Waals surface area (Å²) in [6.07, 6.45) is 11.4. The van der Waals surface area contributed by atoms with Gasteiger partial charge in [-0.1, -0.05) is 30.9 Å². The molecule has 0 unspecified atom stereocenters. The van der Waals surface area contributed by atoms with E-state index in [1.54, 1.807) is 0 Å². The molecule has 0 aromatic heterocycles. The second kappa shape index (κ2) is 8.61. The highest BCUT2D eigenvalue weighted by molar-refractivity contribution is 6.17. The Hall–Kier alpha value is -0.490. The molecule has 0 aromatic rings. The van der Waals surface area contributed by atoms with Crippen LogP contribution in [0.1, 0.15) is 26.2 Å². The molecule has 68 valence electrons. The number of hydrogen-bond acceptors (Lipinski definition) is 0. The largest absolute Gasteiger partial charge is 0.127 e. The van der Waals surface area contributed by atoms with Crippen LogP contribution in [0.3, 0.4) is 0 Å². The van der Waals surface area contributed by atoms with E-state index in [0.29, 0.717) is 0 Å². The lowest BCUT2D eigenvalue weighted by Crippen LogP contribution is -1.81. The molecule has 0 rings (SSSR count). The number of rotatable bonds is 6. The maximum Gasteiger partial charge on any atom is 0.0223 e. The Bertz CT molecular complexity index is 166. The first-order valence-electron chi connectivity index (χ1n) is 4.35. The molecule has 0 bridgehead atoms. The molecule has 0 N–H and O–H groups in total. The van der Waals surface area contributed by atoms with E-state index in [-0.39, 0.29) is 0 Å². The zero-order valence-electron chi connectivity index (χ0n) is 7.72. The van der Waals surface area contributed by atoms with Gasteiger partial charge in [-0.25, -0.2) is 0 Å². The SMILES string of the molecule is C=C/C=C(\C=C/C)CCCCCl. The highest BCUT2D eigenvalue weighted by Crippen LogP contribution is 2.09. The first kappa shape index (κ1) is 11.5. The lowest BCUT2D eigenvalue weighted by Gasteiger charge is -1.99. The van der Waals surface area contributed by atoms with E-state index < -0.39 is 0 Å². The predicted molar refractivity (Wildman–Crippen MR) is 57.7 cm³/mol. The highest BCUT2D eigenvalue weighted by Gasteiger charge is 1.90. The molecular weight excluding hydrogens is 168 g/mol. The van der Waals surface area contributed by atoms with Crippen LogP contribution in [-0.4, -0.2) is 5.88 Å². The fourth-order valence-corrected chi connectivity index (χ4v) is 1.20. The Kier molecular flexibility index (Phi) is 8.25. The molecule has 0 aliphatic heterocycles. The summed E-state index contributed by atoms with van der Waals surface area (Å²) in [5, 5.41) is 0. The smallest absolute Gasteiger partial charge is 0.0223 e. The van der Waals surface area contributed by atoms with Gasteiger partial charge >= 0.3 is 0 Å². The Labute approximate surface area is 80.6 Å². The second-order valence-electron chi connectivity index (χ2n) is 2.62. The summed E-state index contributed by atoms with van der Waals surface area (Å²) in [5.74, 6) is 0.761. The number of halogens is 1. The minimum absolute atomic E-state index is 0.761. The van der Waals surface area contributed by atoms with Gasteiger partial charge in [-0.2, -0.15) is 0 Å². The topological polar surface area (TPSA) is 0 Å². The summed E-state index contributed by atoms with van der Waals surface area (Å²) in [5.41, 5.74) is 1.33. The first-order valence-corrected chi connectivity index (χ1v) is 4.88. The van der Waals surface area contributed by atoms with Crippen molar-refractivity contribution in [3.8, 4) is 0 Å². The molecule has 0 saturated heterocycles. The molecule has 0 fully saturated rings. The van der Waals surface area contributed by atoms with Crippen LogP contribution in [-0.2, 0) is 0 Å². The van der Waals surface area contributed by atoms with Gasteiger partial charge in [-0.3, -0.25) is 0 Å². The standard InChI is InChI=1S/C11H17Cl/c1-3-7-11(8-4-2)9-5-6-10-12/h3-4,7-8H,1,5-6,9-10H2,2H3/b8-4-,11-7+. The van der Waals surface area contributed by atoms with Gasteiger partial charge in [-0.05, 0) is 31.8 Å². The molecule has 0 aromatic carbocycles. The molecule has 0 aliphatic carbocycles. The number of allylic oxidation sites excluding steroid dienone is 5. The molecule has 0 saturated carbocycles. The van der Waals surface area contributed by atoms with Crippen LogP contribution < -0.4 is 0 Å². The number of alkyl halides is 1. The predicted octanol–water partition coefficient (Wildman–Crippen LogP) is 4.08. The summed E-state index contributed by atoms with van der Waals surface area (Å²) < 4.78 is 0. The van der Waals surface area contributed by atoms with Crippen molar-refractivity contribution in [2.24, 2.45) is 0 Å². The van der Waals surface area contributed by atoms with Gasteiger partial charge in [0.05, 0.1) is 0 Å². The lowest BCUT2D eigenvalue weighted by molar-refractivity contribution is 0.802. The van der Waals surface area contributed by atoms with Crippen molar-refractivity contribution >= 4 is 11.6 Å². The van der Waals surface area contributed by atoms with Crippen LogP contribution >= 0.6 is 11.6 Å². The van der Waals surface area contributed by atoms with E-state index in [4.69, 9.17) is 11.6 Å². The second-order valence-corrected chi connectivity index (χ2v) is 3.00. The number of hydrogen-bond donors (Lipinski definition) is 0. The molecule has 0 aliphatic rings. The van der Waals surface area contributed by atoms with Crippen molar-refractivity contribution in [1.82, 2.24) is 0 Å². The van der Waals surface area contributed by atoms with Gasteiger partial charge in [-0.15, -0.1) is 11.6 Å². The Morgan fingerprint density at radius 2 is 2.17 bits per heavy atom. The van der Waals surface area contributed by atoms with E-state index in [1.165, 1.54) is 5.57 Å². The summed E-state index contributed by atoms with van der Waals surface area (Å²) in [6, 6.07) is 0. The van der Waals surface area contributed by atoms with Crippen molar-refractivity contribution in [3.05, 3.63) is 36.5 Å². The van der Waals surface area contributed by atoms with Gasteiger partial charge < -0.3 is 0 Å².